The predicted octanol–water partition coefficient (Wildman–Crippen LogP) is 8.41. The van der Waals surface area contributed by atoms with Gasteiger partial charge in [-0.1, -0.05) is 156 Å². The quantitative estimate of drug-likeness (QED) is 0.0316. The van der Waals surface area contributed by atoms with Crippen molar-refractivity contribution in [1.82, 2.24) is 0 Å². The standard InChI is InChI=1S/4C8H19N.H4O7P2/c4*1-2-3-4-5-6-7-8-9;1-8(2,3)7-9(4,5)6/h4*2-9H2,1H3;(H2,1,2,3)(H2,4,5,6). The van der Waals surface area contributed by atoms with E-state index >= 15 is 0 Å². The van der Waals surface area contributed by atoms with Crippen LogP contribution in [-0.4, -0.2) is 45.8 Å². The van der Waals surface area contributed by atoms with Crippen LogP contribution in [0.25, 0.3) is 0 Å². The molecule has 0 aromatic heterocycles. The van der Waals surface area contributed by atoms with Gasteiger partial charge in [-0.05, 0) is 51.9 Å². The number of rotatable bonds is 26. The fourth-order valence-corrected chi connectivity index (χ4v) is 4.95. The highest BCUT2D eigenvalue weighted by atomic mass is 31.3. The van der Waals surface area contributed by atoms with Crippen molar-refractivity contribution in [3.05, 3.63) is 0 Å². The molecule has 13 heteroatoms. The fourth-order valence-electron chi connectivity index (χ4n) is 3.84. The summed E-state index contributed by atoms with van der Waals surface area (Å²) < 4.78 is 22.2. The van der Waals surface area contributed by atoms with Crippen LogP contribution in [-0.2, 0) is 13.4 Å². The van der Waals surface area contributed by atoms with E-state index in [2.05, 4.69) is 32.0 Å². The van der Waals surface area contributed by atoms with Crippen LogP contribution in [0.2, 0.25) is 0 Å². The van der Waals surface area contributed by atoms with E-state index in [-0.39, 0.29) is 0 Å². The molecule has 0 rings (SSSR count). The van der Waals surface area contributed by atoms with Crippen molar-refractivity contribution in [2.45, 2.75) is 182 Å². The minimum atomic E-state index is -5.05. The summed E-state index contributed by atoms with van der Waals surface area (Å²) in [7, 11) is -10.1. The third-order valence-electron chi connectivity index (χ3n) is 6.44. The highest BCUT2D eigenvalue weighted by Gasteiger charge is 2.27. The van der Waals surface area contributed by atoms with Gasteiger partial charge in [0, 0.05) is 0 Å². The van der Waals surface area contributed by atoms with E-state index in [0.29, 0.717) is 0 Å². The monoisotopic (exact) mass is 695 g/mol. The summed E-state index contributed by atoms with van der Waals surface area (Å²) in [6, 6.07) is 0. The van der Waals surface area contributed by atoms with E-state index in [1.54, 1.807) is 0 Å². The van der Waals surface area contributed by atoms with Gasteiger partial charge >= 0.3 is 15.6 Å². The van der Waals surface area contributed by atoms with Crippen molar-refractivity contribution in [3.63, 3.8) is 0 Å². The average Bonchev–Trinajstić information content (AvgIpc) is 2.97. The van der Waals surface area contributed by atoms with Gasteiger partial charge < -0.3 is 42.5 Å². The lowest BCUT2D eigenvalue weighted by molar-refractivity contribution is 0.225. The SMILES string of the molecule is CCCCCCCCN.CCCCCCCCN.CCCCCCCCN.CCCCCCCCN.O=P(O)(O)OP(=O)(O)O. The van der Waals surface area contributed by atoms with Gasteiger partial charge in [0.2, 0.25) is 0 Å². The first kappa shape index (κ1) is 54.5. The molecule has 0 aliphatic carbocycles. The topological polar surface area (TPSA) is 228 Å². The predicted molar refractivity (Wildman–Crippen MR) is 195 cm³/mol. The van der Waals surface area contributed by atoms with Crippen LogP contribution in [0.4, 0.5) is 0 Å². The average molecular weight is 695 g/mol. The maximum Gasteiger partial charge on any atom is 0.478 e. The largest absolute Gasteiger partial charge is 0.478 e. The summed E-state index contributed by atoms with van der Waals surface area (Å²) in [5.74, 6) is 0. The van der Waals surface area contributed by atoms with Gasteiger partial charge in [0.05, 0.1) is 0 Å². The molecular formula is C32H80N4O7P2. The van der Waals surface area contributed by atoms with Crippen LogP contribution in [0, 0.1) is 0 Å². The van der Waals surface area contributed by atoms with E-state index < -0.39 is 15.6 Å². The molecule has 0 fully saturated rings. The Labute approximate surface area is 279 Å². The molecule has 0 atom stereocenters. The fraction of sp³-hybridized carbons (Fsp3) is 1.00. The van der Waals surface area contributed by atoms with Crippen molar-refractivity contribution >= 4 is 15.6 Å². The van der Waals surface area contributed by atoms with Crippen LogP contribution in [0.3, 0.4) is 0 Å². The minimum Gasteiger partial charge on any atom is -0.330 e. The molecule has 45 heavy (non-hydrogen) atoms. The molecule has 0 aromatic rings. The third kappa shape index (κ3) is 86.3. The Morgan fingerprint density at radius 3 is 0.622 bits per heavy atom. The van der Waals surface area contributed by atoms with Crippen LogP contribution in [0.1, 0.15) is 182 Å². The molecule has 0 amide bonds. The first-order valence-electron chi connectivity index (χ1n) is 18.0. The van der Waals surface area contributed by atoms with Crippen molar-refractivity contribution in [3.8, 4) is 0 Å². The van der Waals surface area contributed by atoms with Gasteiger partial charge in [-0.25, -0.2) is 9.13 Å². The van der Waals surface area contributed by atoms with E-state index in [1.165, 1.54) is 154 Å². The molecule has 0 saturated heterocycles. The van der Waals surface area contributed by atoms with Crippen LogP contribution < -0.4 is 22.9 Å². The zero-order chi connectivity index (χ0) is 35.5. The molecule has 11 nitrogen and oxygen atoms in total. The normalized spacial score (nSPS) is 10.8. The van der Waals surface area contributed by atoms with Crippen molar-refractivity contribution in [2.24, 2.45) is 22.9 Å². The minimum absolute atomic E-state index is 0.867. The van der Waals surface area contributed by atoms with Gasteiger partial charge in [-0.15, -0.1) is 0 Å². The molecule has 0 saturated carbocycles. The molecule has 0 aliphatic rings. The second kappa shape index (κ2) is 48.5. The molecule has 12 N–H and O–H groups in total. The Morgan fingerprint density at radius 1 is 0.356 bits per heavy atom. The zero-order valence-electron chi connectivity index (χ0n) is 30.0. The molecule has 0 spiro atoms. The van der Waals surface area contributed by atoms with E-state index in [1.807, 2.05) is 0 Å². The highest BCUT2D eigenvalue weighted by Crippen LogP contribution is 2.53. The van der Waals surface area contributed by atoms with Crippen molar-refractivity contribution in [2.75, 3.05) is 26.2 Å². The van der Waals surface area contributed by atoms with Crippen molar-refractivity contribution in [1.29, 1.82) is 0 Å². The molecule has 0 radical (unpaired) electrons. The van der Waals surface area contributed by atoms with Gasteiger partial charge in [0.15, 0.2) is 0 Å². The van der Waals surface area contributed by atoms with Crippen LogP contribution in [0.5, 0.6) is 0 Å². The highest BCUT2D eigenvalue weighted by molar-refractivity contribution is 7.60. The number of hydrogen-bond acceptors (Lipinski definition) is 7. The Bertz CT molecular complexity index is 484. The lowest BCUT2D eigenvalue weighted by Gasteiger charge is -2.03. The summed E-state index contributed by atoms with van der Waals surface area (Å²) in [5.41, 5.74) is 21.4. The number of hydrogen-bond donors (Lipinski definition) is 8. The zero-order valence-corrected chi connectivity index (χ0v) is 31.8. The first-order valence-corrected chi connectivity index (χ1v) is 21.1. The molecule has 0 bridgehead atoms. The lowest BCUT2D eigenvalue weighted by Crippen LogP contribution is -1.97. The Balaban J connectivity index is -0.000000148. The molecule has 0 heterocycles. The number of phosphoric acid groups is 2. The number of unbranched alkanes of at least 4 members (excludes halogenated alkanes) is 20. The molecule has 0 unspecified atom stereocenters. The Kier molecular flexibility index (Phi) is 58.8. The smallest absolute Gasteiger partial charge is 0.330 e. The molecular weight excluding hydrogens is 614 g/mol. The first-order chi connectivity index (χ1) is 21.4. The molecule has 280 valence electrons. The Hall–Kier alpha value is 0.100. The van der Waals surface area contributed by atoms with E-state index in [9.17, 15) is 9.13 Å². The lowest BCUT2D eigenvalue weighted by atomic mass is 10.1. The molecule has 0 aromatic carbocycles. The van der Waals surface area contributed by atoms with Crippen LogP contribution in [0.15, 0.2) is 0 Å². The maximum atomic E-state index is 9.63. The summed E-state index contributed by atoms with van der Waals surface area (Å²) in [5, 5.41) is 0. The third-order valence-corrected chi connectivity index (χ3v) is 8.15. The van der Waals surface area contributed by atoms with E-state index in [0.717, 1.165) is 26.2 Å². The Morgan fingerprint density at radius 2 is 0.511 bits per heavy atom. The maximum absolute atomic E-state index is 9.63. The second-order valence-corrected chi connectivity index (χ2v) is 13.9. The summed E-state index contributed by atoms with van der Waals surface area (Å²) in [4.78, 5) is 31.0. The van der Waals surface area contributed by atoms with Gasteiger partial charge in [-0.3, -0.25) is 0 Å². The van der Waals surface area contributed by atoms with Gasteiger partial charge in [0.1, 0.15) is 0 Å². The second-order valence-electron chi connectivity index (χ2n) is 11.3. The van der Waals surface area contributed by atoms with E-state index in [4.69, 9.17) is 42.5 Å². The van der Waals surface area contributed by atoms with Crippen molar-refractivity contribution < 1.29 is 33.0 Å². The van der Waals surface area contributed by atoms with Gasteiger partial charge in [0.25, 0.3) is 0 Å². The summed E-state index contributed by atoms with van der Waals surface area (Å²) >= 11 is 0. The molecule has 0 aliphatic heterocycles. The summed E-state index contributed by atoms with van der Waals surface area (Å²) in [6.45, 7) is 12.4. The van der Waals surface area contributed by atoms with Gasteiger partial charge in [-0.2, -0.15) is 4.31 Å². The van der Waals surface area contributed by atoms with Crippen LogP contribution >= 0.6 is 15.6 Å². The summed E-state index contributed by atoms with van der Waals surface area (Å²) in [6.07, 6.45) is 32.2. The number of nitrogens with two attached hydrogens (primary N) is 4.